The molecule has 1 aromatic heterocycles. The Balaban J connectivity index is 1.99. The lowest BCUT2D eigenvalue weighted by Gasteiger charge is -2.21. The van der Waals surface area contributed by atoms with Crippen molar-refractivity contribution in [2.24, 2.45) is 0 Å². The number of sulfonamides is 1. The Bertz CT molecular complexity index is 753. The molecule has 0 radical (unpaired) electrons. The van der Waals surface area contributed by atoms with E-state index < -0.39 is 10.0 Å². The van der Waals surface area contributed by atoms with Crippen molar-refractivity contribution in [3.63, 3.8) is 0 Å². The number of likely N-dealkylation sites (N-methyl/N-ethyl adjacent to an activating group) is 2. The molecule has 0 unspecified atom stereocenters. The van der Waals surface area contributed by atoms with Crippen molar-refractivity contribution >= 4 is 27.3 Å². The van der Waals surface area contributed by atoms with E-state index in [-0.39, 0.29) is 16.7 Å². The summed E-state index contributed by atoms with van der Waals surface area (Å²) in [6.45, 7) is 2.28. The lowest BCUT2D eigenvalue weighted by Crippen LogP contribution is -2.38. The van der Waals surface area contributed by atoms with Gasteiger partial charge in [-0.1, -0.05) is 35.9 Å². The van der Waals surface area contributed by atoms with E-state index in [2.05, 4.69) is 0 Å². The molecule has 0 aliphatic heterocycles. The molecule has 0 bridgehead atoms. The van der Waals surface area contributed by atoms with Crippen LogP contribution in [0.15, 0.2) is 46.0 Å². The Kier molecular flexibility index (Phi) is 5.56. The zero-order valence-electron chi connectivity index (χ0n) is 13.4. The Morgan fingerprint density at radius 3 is 2.35 bits per heavy atom. The van der Waals surface area contributed by atoms with E-state index in [4.69, 9.17) is 0 Å². The van der Waals surface area contributed by atoms with Crippen molar-refractivity contribution < 1.29 is 13.2 Å². The first kappa shape index (κ1) is 17.7. The highest BCUT2D eigenvalue weighted by Gasteiger charge is 2.25. The van der Waals surface area contributed by atoms with Crippen LogP contribution in [-0.2, 0) is 21.4 Å². The van der Waals surface area contributed by atoms with Gasteiger partial charge in [0.25, 0.3) is 10.0 Å². The average molecular weight is 352 g/mol. The van der Waals surface area contributed by atoms with Crippen LogP contribution in [-0.4, -0.2) is 44.2 Å². The molecule has 2 aromatic rings. The molecule has 0 aliphatic carbocycles. The van der Waals surface area contributed by atoms with Gasteiger partial charge >= 0.3 is 0 Å². The largest absolute Gasteiger partial charge is 0.340 e. The number of benzene rings is 1. The molecule has 124 valence electrons. The van der Waals surface area contributed by atoms with Gasteiger partial charge < -0.3 is 4.90 Å². The van der Waals surface area contributed by atoms with Crippen molar-refractivity contribution in [1.29, 1.82) is 0 Å². The highest BCUT2D eigenvalue weighted by atomic mass is 32.2. The highest BCUT2D eigenvalue weighted by Crippen LogP contribution is 2.19. The maximum Gasteiger partial charge on any atom is 0.252 e. The maximum atomic E-state index is 12.3. The number of nitrogens with zero attached hydrogens (tertiary/aromatic N) is 2. The number of hydrogen-bond donors (Lipinski definition) is 0. The number of carbonyl (C=O) groups excluding carboxylic acids is 1. The second-order valence-corrected chi connectivity index (χ2v) is 8.65. The van der Waals surface area contributed by atoms with Crippen LogP contribution in [0.1, 0.15) is 11.1 Å². The van der Waals surface area contributed by atoms with Crippen molar-refractivity contribution in [3.8, 4) is 0 Å². The molecule has 1 heterocycles. The monoisotopic (exact) mass is 352 g/mol. The smallest absolute Gasteiger partial charge is 0.252 e. The third-order valence-electron chi connectivity index (χ3n) is 3.48. The van der Waals surface area contributed by atoms with Gasteiger partial charge in [0, 0.05) is 20.6 Å². The molecule has 0 N–H and O–H groups in total. The molecule has 0 fully saturated rings. The summed E-state index contributed by atoms with van der Waals surface area (Å²) in [5.41, 5.74) is 2.17. The summed E-state index contributed by atoms with van der Waals surface area (Å²) >= 11 is 1.14. The molecular formula is C16H20N2O3S2. The highest BCUT2D eigenvalue weighted by molar-refractivity contribution is 7.91. The minimum atomic E-state index is -3.60. The molecule has 1 aromatic carbocycles. The minimum Gasteiger partial charge on any atom is -0.340 e. The first-order valence-corrected chi connectivity index (χ1v) is 9.42. The molecule has 7 heteroatoms. The van der Waals surface area contributed by atoms with E-state index in [1.54, 1.807) is 18.5 Å². The Labute approximate surface area is 141 Å². The summed E-state index contributed by atoms with van der Waals surface area (Å²) in [5, 5.41) is 1.70. The summed E-state index contributed by atoms with van der Waals surface area (Å²) in [7, 11) is -0.501. The normalized spacial score (nSPS) is 11.7. The third-order valence-corrected chi connectivity index (χ3v) is 6.66. The quantitative estimate of drug-likeness (QED) is 0.802. The van der Waals surface area contributed by atoms with Gasteiger partial charge in [0.2, 0.25) is 5.91 Å². The zero-order chi connectivity index (χ0) is 17.0. The standard InChI is InChI=1S/C16H20N2O3S2/c1-13-6-8-14(9-7-13)11-17(2)15(19)12-18(3)23(20,21)16-5-4-10-22-16/h4-10H,11-12H2,1-3H3. The SMILES string of the molecule is Cc1ccc(CN(C)C(=O)CN(C)S(=O)(=O)c2cccs2)cc1. The molecule has 2 rings (SSSR count). The molecule has 0 saturated heterocycles. The third kappa shape index (κ3) is 4.40. The summed E-state index contributed by atoms with van der Waals surface area (Å²) in [6.07, 6.45) is 0. The van der Waals surface area contributed by atoms with Crippen LogP contribution in [0.2, 0.25) is 0 Å². The van der Waals surface area contributed by atoms with E-state index in [0.717, 1.165) is 26.8 Å². The van der Waals surface area contributed by atoms with Crippen LogP contribution in [0.25, 0.3) is 0 Å². The van der Waals surface area contributed by atoms with Crippen LogP contribution in [0, 0.1) is 6.92 Å². The summed E-state index contributed by atoms with van der Waals surface area (Å²) in [6, 6.07) is 11.1. The lowest BCUT2D eigenvalue weighted by molar-refractivity contribution is -0.130. The number of aryl methyl sites for hydroxylation is 1. The number of carbonyl (C=O) groups is 1. The fourth-order valence-corrected chi connectivity index (χ4v) is 4.34. The minimum absolute atomic E-state index is 0.178. The first-order valence-electron chi connectivity index (χ1n) is 7.10. The molecule has 0 spiro atoms. The van der Waals surface area contributed by atoms with E-state index in [0.29, 0.717) is 6.54 Å². The van der Waals surface area contributed by atoms with Crippen LogP contribution >= 0.6 is 11.3 Å². The fraction of sp³-hybridized carbons (Fsp3) is 0.312. The van der Waals surface area contributed by atoms with Crippen LogP contribution in [0.5, 0.6) is 0 Å². The molecule has 23 heavy (non-hydrogen) atoms. The van der Waals surface area contributed by atoms with E-state index >= 15 is 0 Å². The number of hydrogen-bond acceptors (Lipinski definition) is 4. The number of amides is 1. The van der Waals surface area contributed by atoms with Crippen LogP contribution in [0.4, 0.5) is 0 Å². The van der Waals surface area contributed by atoms with Gasteiger partial charge in [-0.05, 0) is 23.9 Å². The van der Waals surface area contributed by atoms with Crippen LogP contribution < -0.4 is 0 Å². The predicted octanol–water partition coefficient (Wildman–Crippen LogP) is 2.34. The van der Waals surface area contributed by atoms with Gasteiger partial charge in [-0.3, -0.25) is 4.79 Å². The van der Waals surface area contributed by atoms with Gasteiger partial charge in [0.05, 0.1) is 6.54 Å². The number of rotatable bonds is 6. The predicted molar refractivity (Wildman–Crippen MR) is 91.8 cm³/mol. The molecule has 0 saturated carbocycles. The zero-order valence-corrected chi connectivity index (χ0v) is 15.0. The second kappa shape index (κ2) is 7.25. The van der Waals surface area contributed by atoms with E-state index in [1.807, 2.05) is 31.2 Å². The van der Waals surface area contributed by atoms with Gasteiger partial charge in [-0.2, -0.15) is 4.31 Å². The van der Waals surface area contributed by atoms with E-state index in [9.17, 15) is 13.2 Å². The summed E-state index contributed by atoms with van der Waals surface area (Å²) < 4.78 is 26.0. The summed E-state index contributed by atoms with van der Waals surface area (Å²) in [4.78, 5) is 13.8. The molecule has 1 amide bonds. The maximum absolute atomic E-state index is 12.3. The first-order chi connectivity index (χ1) is 10.8. The lowest BCUT2D eigenvalue weighted by atomic mass is 10.1. The van der Waals surface area contributed by atoms with Gasteiger partial charge in [-0.15, -0.1) is 11.3 Å². The molecular weight excluding hydrogens is 332 g/mol. The van der Waals surface area contributed by atoms with E-state index in [1.165, 1.54) is 18.0 Å². The Morgan fingerprint density at radius 1 is 1.13 bits per heavy atom. The Hall–Kier alpha value is -1.70. The molecule has 5 nitrogen and oxygen atoms in total. The van der Waals surface area contributed by atoms with Crippen LogP contribution in [0.3, 0.4) is 0 Å². The molecule has 0 atom stereocenters. The average Bonchev–Trinajstić information content (AvgIpc) is 3.04. The Morgan fingerprint density at radius 2 is 1.78 bits per heavy atom. The second-order valence-electron chi connectivity index (χ2n) is 5.43. The van der Waals surface area contributed by atoms with Crippen molar-refractivity contribution in [2.45, 2.75) is 17.7 Å². The van der Waals surface area contributed by atoms with Crippen molar-refractivity contribution in [1.82, 2.24) is 9.21 Å². The van der Waals surface area contributed by atoms with Gasteiger partial charge in [-0.25, -0.2) is 8.42 Å². The fourth-order valence-electron chi connectivity index (χ4n) is 2.02. The number of thiophene rings is 1. The topological polar surface area (TPSA) is 57.7 Å². The van der Waals surface area contributed by atoms with Gasteiger partial charge in [0.15, 0.2) is 0 Å². The summed E-state index contributed by atoms with van der Waals surface area (Å²) in [5.74, 6) is -0.242. The van der Waals surface area contributed by atoms with Gasteiger partial charge in [0.1, 0.15) is 4.21 Å². The van der Waals surface area contributed by atoms with Crippen molar-refractivity contribution in [3.05, 3.63) is 52.9 Å². The van der Waals surface area contributed by atoms with Crippen molar-refractivity contribution in [2.75, 3.05) is 20.6 Å². The molecule has 0 aliphatic rings.